The first kappa shape index (κ1) is 17.5. The molecule has 8 nitrogen and oxygen atoms in total. The quantitative estimate of drug-likeness (QED) is 0.297. The average Bonchev–Trinajstić information content (AvgIpc) is 2.96. The third-order valence-corrected chi connectivity index (χ3v) is 3.87. The molecule has 0 bridgehead atoms. The van der Waals surface area contributed by atoms with Crippen LogP contribution in [0.25, 0.3) is 5.52 Å². The van der Waals surface area contributed by atoms with E-state index in [9.17, 15) is 9.18 Å². The number of hydrogen-bond donors (Lipinski definition) is 3. The van der Waals surface area contributed by atoms with Gasteiger partial charge in [-0.15, -0.1) is 0 Å². The number of carbonyl (C=O) groups excluding carboxylic acids is 1. The second-order valence-corrected chi connectivity index (χ2v) is 6.13. The van der Waals surface area contributed by atoms with Crippen LogP contribution in [-0.4, -0.2) is 38.8 Å². The number of carbonyl (C=O) groups is 1. The van der Waals surface area contributed by atoms with Crippen molar-refractivity contribution in [2.75, 3.05) is 18.5 Å². The number of amides is 1. The van der Waals surface area contributed by atoms with E-state index < -0.39 is 11.7 Å². The Morgan fingerprint density at radius 1 is 1.44 bits per heavy atom. The summed E-state index contributed by atoms with van der Waals surface area (Å²) in [5, 5.41) is 15.8. The third-order valence-electron chi connectivity index (χ3n) is 3.20. The summed E-state index contributed by atoms with van der Waals surface area (Å²) in [6.07, 6.45) is 4.58. The highest BCUT2D eigenvalue weighted by Crippen LogP contribution is 2.27. The predicted molar refractivity (Wildman–Crippen MR) is 95.9 cm³/mol. The smallest absolute Gasteiger partial charge is 0.297 e. The molecule has 3 aromatic rings. The molecule has 1 aromatic carbocycles. The van der Waals surface area contributed by atoms with Gasteiger partial charge >= 0.3 is 0 Å². The van der Waals surface area contributed by atoms with E-state index in [4.69, 9.17) is 9.94 Å². The minimum Gasteiger partial charge on any atom is -0.394 e. The zero-order valence-electron chi connectivity index (χ0n) is 12.7. The predicted octanol–water partition coefficient (Wildman–Crippen LogP) is 1.87. The van der Waals surface area contributed by atoms with Crippen LogP contribution in [0.3, 0.4) is 0 Å². The van der Waals surface area contributed by atoms with Gasteiger partial charge in [-0.3, -0.25) is 14.6 Å². The van der Waals surface area contributed by atoms with E-state index in [-0.39, 0.29) is 24.6 Å². The molecule has 1 amide bonds. The zero-order chi connectivity index (χ0) is 17.8. The molecule has 0 atom stereocenters. The van der Waals surface area contributed by atoms with Crippen LogP contribution in [0.1, 0.15) is 10.5 Å². The van der Waals surface area contributed by atoms with Gasteiger partial charge in [0.15, 0.2) is 5.69 Å². The number of aromatic nitrogens is 3. The van der Waals surface area contributed by atoms with Gasteiger partial charge in [0.2, 0.25) is 0 Å². The average molecular weight is 457 g/mol. The molecule has 0 unspecified atom stereocenters. The van der Waals surface area contributed by atoms with Gasteiger partial charge < -0.3 is 10.4 Å². The van der Waals surface area contributed by atoms with Crippen molar-refractivity contribution in [1.82, 2.24) is 20.1 Å². The maximum Gasteiger partial charge on any atom is 0.297 e. The van der Waals surface area contributed by atoms with E-state index in [0.29, 0.717) is 11.2 Å². The van der Waals surface area contributed by atoms with Crippen molar-refractivity contribution in [3.8, 4) is 0 Å². The van der Waals surface area contributed by atoms with Gasteiger partial charge in [-0.25, -0.2) is 14.4 Å². The summed E-state index contributed by atoms with van der Waals surface area (Å²) in [6.45, 7) is -0.302. The molecule has 0 saturated carbocycles. The van der Waals surface area contributed by atoms with Crippen LogP contribution in [0.4, 0.5) is 15.8 Å². The minimum atomic E-state index is -0.634. The Kier molecular flexibility index (Phi) is 5.40. The van der Waals surface area contributed by atoms with Crippen LogP contribution in [0.15, 0.2) is 36.8 Å². The van der Waals surface area contributed by atoms with Gasteiger partial charge in [0.05, 0.1) is 25.1 Å². The lowest BCUT2D eigenvalue weighted by Crippen LogP contribution is -2.26. The maximum absolute atomic E-state index is 14.2. The Morgan fingerprint density at radius 2 is 2.28 bits per heavy atom. The lowest BCUT2D eigenvalue weighted by atomic mass is 10.2. The van der Waals surface area contributed by atoms with Gasteiger partial charge in [-0.1, -0.05) is 0 Å². The van der Waals surface area contributed by atoms with E-state index in [2.05, 4.69) is 20.9 Å². The van der Waals surface area contributed by atoms with Crippen molar-refractivity contribution in [3.63, 3.8) is 0 Å². The first-order chi connectivity index (χ1) is 12.1. The largest absolute Gasteiger partial charge is 0.394 e. The van der Waals surface area contributed by atoms with E-state index >= 15 is 0 Å². The van der Waals surface area contributed by atoms with Crippen LogP contribution >= 0.6 is 22.6 Å². The molecule has 130 valence electrons. The summed E-state index contributed by atoms with van der Waals surface area (Å²) in [7, 11) is 0. The second kappa shape index (κ2) is 7.72. The van der Waals surface area contributed by atoms with Crippen molar-refractivity contribution < 1.29 is 19.1 Å². The molecule has 3 N–H and O–H groups in total. The van der Waals surface area contributed by atoms with Gasteiger partial charge in [0.1, 0.15) is 17.0 Å². The number of nitrogens with one attached hydrogen (secondary N) is 2. The molecule has 0 aliphatic heterocycles. The number of hydrogen-bond acceptors (Lipinski definition) is 6. The molecule has 0 radical (unpaired) electrons. The number of nitrogens with zero attached hydrogens (tertiary/aromatic N) is 3. The van der Waals surface area contributed by atoms with Gasteiger partial charge in [0.25, 0.3) is 5.91 Å². The molecule has 0 fully saturated rings. The fourth-order valence-corrected chi connectivity index (χ4v) is 2.57. The summed E-state index contributed by atoms with van der Waals surface area (Å²) in [5.41, 5.74) is 3.17. The molecule has 0 aliphatic carbocycles. The Hall–Kier alpha value is -2.31. The zero-order valence-corrected chi connectivity index (χ0v) is 14.9. The van der Waals surface area contributed by atoms with Crippen LogP contribution in [0.5, 0.6) is 0 Å². The second-order valence-electron chi connectivity index (χ2n) is 4.88. The standard InChI is InChI=1S/C15H13FIN5O3/c16-10-7-9(17)1-2-11(10)19-13-12-8-18-3-4-22(12)20-14(13)15(24)21-25-6-5-23/h1-4,7-8,19,23H,5-6H2,(H,21,24). The minimum absolute atomic E-state index is 0.00360. The van der Waals surface area contributed by atoms with Gasteiger partial charge in [-0.2, -0.15) is 5.10 Å². The molecule has 3 rings (SSSR count). The first-order valence-corrected chi connectivity index (χ1v) is 8.25. The van der Waals surface area contributed by atoms with Crippen molar-refractivity contribution in [2.45, 2.75) is 0 Å². The number of halogens is 2. The summed E-state index contributed by atoms with van der Waals surface area (Å²) >= 11 is 2.01. The number of rotatable bonds is 6. The monoisotopic (exact) mass is 457 g/mol. The maximum atomic E-state index is 14.2. The Balaban J connectivity index is 1.99. The lowest BCUT2D eigenvalue weighted by molar-refractivity contribution is 0.0165. The molecular weight excluding hydrogens is 444 g/mol. The highest BCUT2D eigenvalue weighted by Gasteiger charge is 2.21. The van der Waals surface area contributed by atoms with Gasteiger partial charge in [0, 0.05) is 16.0 Å². The van der Waals surface area contributed by atoms with E-state index in [1.807, 2.05) is 22.6 Å². The number of aliphatic hydroxyl groups excluding tert-OH is 1. The summed E-state index contributed by atoms with van der Waals surface area (Å²) in [6, 6.07) is 4.68. The molecule has 10 heteroatoms. The molecule has 2 aromatic heterocycles. The fraction of sp³-hybridized carbons (Fsp3) is 0.133. The lowest BCUT2D eigenvalue weighted by Gasteiger charge is -2.09. The van der Waals surface area contributed by atoms with E-state index in [0.717, 1.165) is 3.57 Å². The van der Waals surface area contributed by atoms with Crippen molar-refractivity contribution in [2.24, 2.45) is 0 Å². The molecule has 0 saturated heterocycles. The normalized spacial score (nSPS) is 10.8. The highest BCUT2D eigenvalue weighted by atomic mass is 127. The number of anilines is 2. The van der Waals surface area contributed by atoms with E-state index in [1.165, 1.54) is 23.0 Å². The summed E-state index contributed by atoms with van der Waals surface area (Å²) < 4.78 is 16.4. The van der Waals surface area contributed by atoms with Gasteiger partial charge in [-0.05, 0) is 40.8 Å². The van der Waals surface area contributed by atoms with Crippen LogP contribution in [0.2, 0.25) is 0 Å². The molecule has 25 heavy (non-hydrogen) atoms. The first-order valence-electron chi connectivity index (χ1n) is 7.17. The van der Waals surface area contributed by atoms with Crippen molar-refractivity contribution >= 4 is 45.4 Å². The van der Waals surface area contributed by atoms with E-state index in [1.54, 1.807) is 18.3 Å². The number of aliphatic hydroxyl groups is 1. The topological polar surface area (TPSA) is 101 Å². The van der Waals surface area contributed by atoms with Crippen LogP contribution < -0.4 is 10.8 Å². The SMILES string of the molecule is O=C(NOCCO)c1nn2ccncc2c1Nc1ccc(I)cc1F. The number of benzene rings is 1. The van der Waals surface area contributed by atoms with Crippen LogP contribution in [0, 0.1) is 9.39 Å². The molecular formula is C15H13FIN5O3. The fourth-order valence-electron chi connectivity index (χ4n) is 2.12. The van der Waals surface area contributed by atoms with Crippen LogP contribution in [-0.2, 0) is 4.84 Å². The Labute approximate surface area is 155 Å². The summed E-state index contributed by atoms with van der Waals surface area (Å²) in [4.78, 5) is 21.1. The highest BCUT2D eigenvalue weighted by molar-refractivity contribution is 14.1. The summed E-state index contributed by atoms with van der Waals surface area (Å²) in [5.74, 6) is -1.09. The number of hydroxylamine groups is 1. The molecule has 0 aliphatic rings. The Bertz CT molecular complexity index is 917. The third kappa shape index (κ3) is 3.86. The number of fused-ring (bicyclic) bond motifs is 1. The molecule has 0 spiro atoms. The van der Waals surface area contributed by atoms with Crippen molar-refractivity contribution in [3.05, 3.63) is 51.9 Å². The molecule has 2 heterocycles. The van der Waals surface area contributed by atoms with Crippen molar-refractivity contribution in [1.29, 1.82) is 0 Å². The Morgan fingerprint density at radius 3 is 3.04 bits per heavy atom.